The summed E-state index contributed by atoms with van der Waals surface area (Å²) in [6.07, 6.45) is 0.971. The molecule has 4 N–H and O–H groups in total. The molecule has 0 spiro atoms. The highest BCUT2D eigenvalue weighted by atomic mass is 32.1. The van der Waals surface area contributed by atoms with Crippen LogP contribution in [0.1, 0.15) is 28.8 Å². The standard InChI is InChI=1S/C11H15N5O2S/c1-3-4-13-11-15-9(12)8(19-11)10(17)14-7-5-6(2)18-16-7/h5H,3-4,12H2,1-2H3,(H,13,15)(H,14,16,17). The monoisotopic (exact) mass is 281 g/mol. The second-order valence-corrected chi connectivity index (χ2v) is 4.94. The average Bonchev–Trinajstić information content (AvgIpc) is 2.93. The third kappa shape index (κ3) is 3.22. The van der Waals surface area contributed by atoms with Crippen LogP contribution in [-0.2, 0) is 0 Å². The van der Waals surface area contributed by atoms with E-state index in [9.17, 15) is 4.79 Å². The van der Waals surface area contributed by atoms with Gasteiger partial charge >= 0.3 is 0 Å². The molecule has 0 aromatic carbocycles. The molecule has 0 radical (unpaired) electrons. The smallest absolute Gasteiger partial charge is 0.270 e. The molecule has 7 nitrogen and oxygen atoms in total. The number of aryl methyl sites for hydroxylation is 1. The van der Waals surface area contributed by atoms with Crippen molar-refractivity contribution in [2.24, 2.45) is 0 Å². The number of nitrogens with one attached hydrogen (secondary N) is 2. The van der Waals surface area contributed by atoms with Crippen LogP contribution in [-0.4, -0.2) is 22.6 Å². The van der Waals surface area contributed by atoms with Crippen molar-refractivity contribution in [3.63, 3.8) is 0 Å². The minimum absolute atomic E-state index is 0.210. The summed E-state index contributed by atoms with van der Waals surface area (Å²) in [5.74, 6) is 0.852. The molecule has 0 atom stereocenters. The first kappa shape index (κ1) is 13.3. The van der Waals surface area contributed by atoms with Crippen LogP contribution in [0.5, 0.6) is 0 Å². The molecule has 8 heteroatoms. The van der Waals surface area contributed by atoms with Gasteiger partial charge in [-0.2, -0.15) is 0 Å². The lowest BCUT2D eigenvalue weighted by Crippen LogP contribution is -2.12. The Morgan fingerprint density at radius 2 is 2.37 bits per heavy atom. The zero-order valence-electron chi connectivity index (χ0n) is 10.7. The van der Waals surface area contributed by atoms with Gasteiger partial charge in [-0.1, -0.05) is 23.4 Å². The maximum absolute atomic E-state index is 12.0. The van der Waals surface area contributed by atoms with Crippen LogP contribution >= 0.6 is 11.3 Å². The Bertz CT molecular complexity index is 577. The lowest BCUT2D eigenvalue weighted by molar-refractivity contribution is 0.103. The van der Waals surface area contributed by atoms with Crippen molar-refractivity contribution in [3.05, 3.63) is 16.7 Å². The van der Waals surface area contributed by atoms with Gasteiger partial charge in [-0.25, -0.2) is 4.98 Å². The van der Waals surface area contributed by atoms with E-state index in [1.165, 1.54) is 11.3 Å². The molecular formula is C11H15N5O2S. The molecule has 0 aliphatic heterocycles. The van der Waals surface area contributed by atoms with E-state index in [1.807, 2.05) is 6.92 Å². The van der Waals surface area contributed by atoms with Crippen molar-refractivity contribution in [2.45, 2.75) is 20.3 Å². The second-order valence-electron chi connectivity index (χ2n) is 3.94. The van der Waals surface area contributed by atoms with Crippen LogP contribution in [0.15, 0.2) is 10.6 Å². The summed E-state index contributed by atoms with van der Waals surface area (Å²) in [6, 6.07) is 1.63. The van der Waals surface area contributed by atoms with Crippen LogP contribution < -0.4 is 16.4 Å². The molecule has 0 unspecified atom stereocenters. The lowest BCUT2D eigenvalue weighted by atomic mass is 10.4. The minimum Gasteiger partial charge on any atom is -0.382 e. The van der Waals surface area contributed by atoms with Gasteiger partial charge in [0, 0.05) is 12.6 Å². The molecule has 0 saturated carbocycles. The number of thiazole rings is 1. The third-order valence-electron chi connectivity index (χ3n) is 2.26. The van der Waals surface area contributed by atoms with E-state index in [4.69, 9.17) is 10.3 Å². The molecule has 0 saturated heterocycles. The van der Waals surface area contributed by atoms with E-state index in [0.717, 1.165) is 13.0 Å². The van der Waals surface area contributed by atoms with E-state index in [2.05, 4.69) is 20.8 Å². The first-order valence-corrected chi connectivity index (χ1v) is 6.66. The predicted octanol–water partition coefficient (Wildman–Crippen LogP) is 2.10. The number of carbonyl (C=O) groups is 1. The van der Waals surface area contributed by atoms with Gasteiger partial charge in [0.25, 0.3) is 5.91 Å². The molecular weight excluding hydrogens is 266 g/mol. The fraction of sp³-hybridized carbons (Fsp3) is 0.364. The van der Waals surface area contributed by atoms with Crippen molar-refractivity contribution in [1.82, 2.24) is 10.1 Å². The number of anilines is 3. The number of hydrogen-bond acceptors (Lipinski definition) is 7. The Morgan fingerprint density at radius 1 is 1.58 bits per heavy atom. The molecule has 2 heterocycles. The van der Waals surface area contributed by atoms with E-state index in [-0.39, 0.29) is 11.7 Å². The molecule has 19 heavy (non-hydrogen) atoms. The Labute approximate surface area is 114 Å². The van der Waals surface area contributed by atoms with Crippen molar-refractivity contribution < 1.29 is 9.32 Å². The van der Waals surface area contributed by atoms with E-state index in [1.54, 1.807) is 13.0 Å². The second kappa shape index (κ2) is 5.70. The molecule has 102 valence electrons. The van der Waals surface area contributed by atoms with Crippen LogP contribution in [0.25, 0.3) is 0 Å². The van der Waals surface area contributed by atoms with Crippen LogP contribution in [0.2, 0.25) is 0 Å². The quantitative estimate of drug-likeness (QED) is 0.775. The topological polar surface area (TPSA) is 106 Å². The van der Waals surface area contributed by atoms with Crippen LogP contribution in [0.4, 0.5) is 16.8 Å². The highest BCUT2D eigenvalue weighted by molar-refractivity contribution is 7.18. The molecule has 0 aliphatic carbocycles. The first-order valence-electron chi connectivity index (χ1n) is 5.85. The molecule has 2 rings (SSSR count). The van der Waals surface area contributed by atoms with Gasteiger partial charge in [0.1, 0.15) is 16.5 Å². The number of nitrogens with zero attached hydrogens (tertiary/aromatic N) is 2. The number of nitrogen functional groups attached to an aromatic ring is 1. The van der Waals surface area contributed by atoms with Gasteiger partial charge < -0.3 is 20.9 Å². The number of aromatic nitrogens is 2. The predicted molar refractivity (Wildman–Crippen MR) is 74.5 cm³/mol. The maximum atomic E-state index is 12.0. The summed E-state index contributed by atoms with van der Waals surface area (Å²) >= 11 is 1.22. The first-order chi connectivity index (χ1) is 9.10. The van der Waals surface area contributed by atoms with Crippen LogP contribution in [0.3, 0.4) is 0 Å². The van der Waals surface area contributed by atoms with Gasteiger partial charge in [0.15, 0.2) is 10.9 Å². The summed E-state index contributed by atoms with van der Waals surface area (Å²) in [7, 11) is 0. The number of amides is 1. The number of nitrogens with two attached hydrogens (primary N) is 1. The summed E-state index contributed by atoms with van der Waals surface area (Å²) in [5.41, 5.74) is 5.73. The maximum Gasteiger partial charge on any atom is 0.270 e. The summed E-state index contributed by atoms with van der Waals surface area (Å²) in [5, 5.41) is 10.0. The van der Waals surface area contributed by atoms with Crippen molar-refractivity contribution >= 4 is 34.0 Å². The number of hydrogen-bond donors (Lipinski definition) is 3. The van der Waals surface area contributed by atoms with Crippen molar-refractivity contribution in [3.8, 4) is 0 Å². The molecule has 2 aromatic rings. The Morgan fingerprint density at radius 3 is 3.00 bits per heavy atom. The van der Waals surface area contributed by atoms with E-state index in [0.29, 0.717) is 21.6 Å². The van der Waals surface area contributed by atoms with Crippen molar-refractivity contribution in [2.75, 3.05) is 22.9 Å². The van der Waals surface area contributed by atoms with E-state index >= 15 is 0 Å². The Balaban J connectivity index is 2.08. The highest BCUT2D eigenvalue weighted by Gasteiger charge is 2.17. The Kier molecular flexibility index (Phi) is 4.00. The van der Waals surface area contributed by atoms with Crippen molar-refractivity contribution in [1.29, 1.82) is 0 Å². The van der Waals surface area contributed by atoms with E-state index < -0.39 is 0 Å². The number of carbonyl (C=O) groups excluding carboxylic acids is 1. The summed E-state index contributed by atoms with van der Waals surface area (Å²) in [4.78, 5) is 16.5. The van der Waals surface area contributed by atoms with Gasteiger partial charge in [0.2, 0.25) is 0 Å². The summed E-state index contributed by atoms with van der Waals surface area (Å²) in [6.45, 7) is 4.58. The Hall–Kier alpha value is -2.09. The summed E-state index contributed by atoms with van der Waals surface area (Å²) < 4.78 is 4.87. The SMILES string of the molecule is CCCNc1nc(N)c(C(=O)Nc2cc(C)on2)s1. The zero-order chi connectivity index (χ0) is 13.8. The van der Waals surface area contributed by atoms with Gasteiger partial charge in [-0.3, -0.25) is 4.79 Å². The van der Waals surface area contributed by atoms with Crippen LogP contribution in [0, 0.1) is 6.92 Å². The van der Waals surface area contributed by atoms with Gasteiger partial charge in [-0.05, 0) is 13.3 Å². The molecule has 2 aromatic heterocycles. The fourth-order valence-corrected chi connectivity index (χ4v) is 2.21. The normalized spacial score (nSPS) is 10.4. The fourth-order valence-electron chi connectivity index (χ4n) is 1.40. The minimum atomic E-state index is -0.340. The highest BCUT2D eigenvalue weighted by Crippen LogP contribution is 2.25. The molecule has 0 bridgehead atoms. The molecule has 0 fully saturated rings. The average molecular weight is 281 g/mol. The zero-order valence-corrected chi connectivity index (χ0v) is 11.5. The molecule has 0 aliphatic rings. The van der Waals surface area contributed by atoms with Gasteiger partial charge in [0.05, 0.1) is 0 Å². The van der Waals surface area contributed by atoms with Gasteiger partial charge in [-0.15, -0.1) is 0 Å². The third-order valence-corrected chi connectivity index (χ3v) is 3.28. The number of rotatable bonds is 5. The lowest BCUT2D eigenvalue weighted by Gasteiger charge is -1.98. The molecule has 1 amide bonds. The largest absolute Gasteiger partial charge is 0.382 e.